The van der Waals surface area contributed by atoms with Crippen molar-refractivity contribution in [2.75, 3.05) is 0 Å². The quantitative estimate of drug-likeness (QED) is 0.729. The summed E-state index contributed by atoms with van der Waals surface area (Å²) in [5.41, 5.74) is 4.14. The van der Waals surface area contributed by atoms with Crippen LogP contribution in [0.15, 0.2) is 46.7 Å². The molecule has 0 unspecified atom stereocenters. The van der Waals surface area contributed by atoms with E-state index in [9.17, 15) is 8.42 Å². The Morgan fingerprint density at radius 1 is 1.15 bits per heavy atom. The second kappa shape index (κ2) is 6.98. The van der Waals surface area contributed by atoms with E-state index in [1.165, 1.54) is 12.0 Å². The average molecular weight is 388 g/mol. The monoisotopic (exact) mass is 387 g/mol. The smallest absolute Gasteiger partial charge is 0.240 e. The minimum atomic E-state index is -3.55. The molecule has 0 saturated carbocycles. The molecule has 0 bridgehead atoms. The lowest BCUT2D eigenvalue weighted by Gasteiger charge is -2.16. The van der Waals surface area contributed by atoms with Gasteiger partial charge < -0.3 is 0 Å². The molecule has 2 heterocycles. The summed E-state index contributed by atoms with van der Waals surface area (Å²) in [5, 5.41) is 6.44. The minimum absolute atomic E-state index is 0.179. The highest BCUT2D eigenvalue weighted by atomic mass is 32.2. The molecule has 2 aromatic heterocycles. The van der Waals surface area contributed by atoms with Crippen LogP contribution >= 0.6 is 11.3 Å². The van der Waals surface area contributed by atoms with Crippen molar-refractivity contribution in [1.82, 2.24) is 14.5 Å². The van der Waals surface area contributed by atoms with Crippen molar-refractivity contribution in [1.29, 1.82) is 0 Å². The Hall–Kier alpha value is -1.96. The molecule has 0 radical (unpaired) electrons. The van der Waals surface area contributed by atoms with Crippen LogP contribution in [-0.4, -0.2) is 18.2 Å². The highest BCUT2D eigenvalue weighted by Gasteiger charge is 2.18. The number of aromatic nitrogens is 2. The standard InChI is InChI=1S/C19H21N3O2S2/c1-22-18(19-7-4-10-25-19)12-16(21-22)13-20-26(23,24)17-9-8-14-5-2-3-6-15(14)11-17/h4,7-12,20H,2-3,5-6,13H2,1H3. The Kier molecular flexibility index (Phi) is 4.69. The summed E-state index contributed by atoms with van der Waals surface area (Å²) in [4.78, 5) is 1.45. The van der Waals surface area contributed by atoms with Gasteiger partial charge in [-0.05, 0) is 66.5 Å². The molecule has 7 heteroatoms. The zero-order valence-corrected chi connectivity index (χ0v) is 16.2. The van der Waals surface area contributed by atoms with Crippen LogP contribution in [-0.2, 0) is 36.5 Å². The Balaban J connectivity index is 1.51. The number of nitrogens with zero attached hydrogens (tertiary/aromatic N) is 2. The van der Waals surface area contributed by atoms with E-state index in [0.717, 1.165) is 35.4 Å². The highest BCUT2D eigenvalue weighted by Crippen LogP contribution is 2.26. The summed E-state index contributed by atoms with van der Waals surface area (Å²) in [5.74, 6) is 0. The fourth-order valence-electron chi connectivity index (χ4n) is 3.40. The van der Waals surface area contributed by atoms with Gasteiger partial charge in [0.15, 0.2) is 0 Å². The van der Waals surface area contributed by atoms with E-state index in [1.54, 1.807) is 22.1 Å². The van der Waals surface area contributed by atoms with Gasteiger partial charge in [0.25, 0.3) is 0 Å². The molecular weight excluding hydrogens is 366 g/mol. The third-order valence-corrected chi connectivity index (χ3v) is 7.07. The van der Waals surface area contributed by atoms with Gasteiger partial charge in [-0.15, -0.1) is 11.3 Å². The van der Waals surface area contributed by atoms with Gasteiger partial charge in [0.1, 0.15) is 0 Å². The number of hydrogen-bond acceptors (Lipinski definition) is 4. The lowest BCUT2D eigenvalue weighted by atomic mass is 9.92. The Morgan fingerprint density at radius 2 is 1.96 bits per heavy atom. The second-order valence-corrected chi connectivity index (χ2v) is 9.30. The first kappa shape index (κ1) is 17.5. The number of fused-ring (bicyclic) bond motifs is 1. The minimum Gasteiger partial charge on any atom is -0.267 e. The van der Waals surface area contributed by atoms with Crippen LogP contribution in [0.3, 0.4) is 0 Å². The van der Waals surface area contributed by atoms with Crippen molar-refractivity contribution in [2.24, 2.45) is 7.05 Å². The van der Waals surface area contributed by atoms with E-state index >= 15 is 0 Å². The molecular formula is C19H21N3O2S2. The van der Waals surface area contributed by atoms with Crippen LogP contribution < -0.4 is 4.72 Å². The maximum atomic E-state index is 12.7. The van der Waals surface area contributed by atoms with Crippen molar-refractivity contribution < 1.29 is 8.42 Å². The summed E-state index contributed by atoms with van der Waals surface area (Å²) < 4.78 is 29.8. The first-order chi connectivity index (χ1) is 12.5. The topological polar surface area (TPSA) is 64.0 Å². The molecule has 0 atom stereocenters. The van der Waals surface area contributed by atoms with E-state index in [0.29, 0.717) is 10.6 Å². The molecule has 1 N–H and O–H groups in total. The van der Waals surface area contributed by atoms with Crippen molar-refractivity contribution >= 4 is 21.4 Å². The Bertz CT molecular complexity index is 1020. The van der Waals surface area contributed by atoms with Crippen LogP contribution in [0.4, 0.5) is 0 Å². The predicted octanol–water partition coefficient (Wildman–Crippen LogP) is 3.51. The van der Waals surface area contributed by atoms with Crippen LogP contribution in [0.5, 0.6) is 0 Å². The molecule has 3 aromatic rings. The van der Waals surface area contributed by atoms with Gasteiger partial charge in [-0.2, -0.15) is 5.10 Å². The van der Waals surface area contributed by atoms with Crippen molar-refractivity contribution in [2.45, 2.75) is 37.1 Å². The third-order valence-electron chi connectivity index (χ3n) is 4.78. The van der Waals surface area contributed by atoms with E-state index in [-0.39, 0.29) is 6.54 Å². The number of aryl methyl sites for hydroxylation is 3. The van der Waals surface area contributed by atoms with Gasteiger partial charge in [-0.1, -0.05) is 12.1 Å². The first-order valence-electron chi connectivity index (χ1n) is 8.71. The highest BCUT2D eigenvalue weighted by molar-refractivity contribution is 7.89. The van der Waals surface area contributed by atoms with E-state index < -0.39 is 10.0 Å². The summed E-state index contributed by atoms with van der Waals surface area (Å²) in [6, 6.07) is 11.4. The Morgan fingerprint density at radius 3 is 2.73 bits per heavy atom. The molecule has 136 valence electrons. The van der Waals surface area contributed by atoms with E-state index in [4.69, 9.17) is 0 Å². The van der Waals surface area contributed by atoms with E-state index in [1.807, 2.05) is 42.8 Å². The summed E-state index contributed by atoms with van der Waals surface area (Å²) in [6.45, 7) is 0.179. The molecule has 1 aliphatic rings. The van der Waals surface area contributed by atoms with Crippen molar-refractivity contribution in [3.63, 3.8) is 0 Å². The molecule has 1 aliphatic carbocycles. The van der Waals surface area contributed by atoms with Gasteiger partial charge in [0.2, 0.25) is 10.0 Å². The third kappa shape index (κ3) is 3.47. The molecule has 0 spiro atoms. The van der Waals surface area contributed by atoms with Gasteiger partial charge in [-0.3, -0.25) is 4.68 Å². The van der Waals surface area contributed by atoms with Crippen LogP contribution in [0.25, 0.3) is 10.6 Å². The van der Waals surface area contributed by atoms with Crippen molar-refractivity contribution in [3.05, 3.63) is 58.6 Å². The molecule has 0 amide bonds. The van der Waals surface area contributed by atoms with E-state index in [2.05, 4.69) is 9.82 Å². The maximum Gasteiger partial charge on any atom is 0.240 e. The van der Waals surface area contributed by atoms with Gasteiger partial charge in [-0.25, -0.2) is 13.1 Å². The predicted molar refractivity (Wildman–Crippen MR) is 104 cm³/mol. The molecule has 1 aromatic carbocycles. The molecule has 0 saturated heterocycles. The van der Waals surface area contributed by atoms with Gasteiger partial charge in [0.05, 0.1) is 27.7 Å². The molecule has 4 rings (SSSR count). The lowest BCUT2D eigenvalue weighted by Crippen LogP contribution is -2.24. The summed E-state index contributed by atoms with van der Waals surface area (Å²) in [6.07, 6.45) is 4.32. The Labute approximate surface area is 157 Å². The zero-order valence-electron chi connectivity index (χ0n) is 14.6. The summed E-state index contributed by atoms with van der Waals surface area (Å²) >= 11 is 1.64. The van der Waals surface area contributed by atoms with Crippen LogP contribution in [0.1, 0.15) is 29.7 Å². The molecule has 5 nitrogen and oxygen atoms in total. The summed E-state index contributed by atoms with van der Waals surface area (Å²) in [7, 11) is -1.67. The maximum absolute atomic E-state index is 12.7. The lowest BCUT2D eigenvalue weighted by molar-refractivity contribution is 0.579. The van der Waals surface area contributed by atoms with Crippen LogP contribution in [0.2, 0.25) is 0 Å². The van der Waals surface area contributed by atoms with Crippen molar-refractivity contribution in [3.8, 4) is 10.6 Å². The number of rotatable bonds is 5. The number of thiophene rings is 1. The van der Waals surface area contributed by atoms with Gasteiger partial charge in [0, 0.05) is 7.05 Å². The zero-order chi connectivity index (χ0) is 18.1. The second-order valence-electron chi connectivity index (χ2n) is 6.58. The van der Waals surface area contributed by atoms with Crippen LogP contribution in [0, 0.1) is 0 Å². The first-order valence-corrected chi connectivity index (χ1v) is 11.1. The molecule has 26 heavy (non-hydrogen) atoms. The fourth-order valence-corrected chi connectivity index (χ4v) is 5.22. The number of benzene rings is 1. The average Bonchev–Trinajstić information content (AvgIpc) is 3.29. The SMILES string of the molecule is Cn1nc(CNS(=O)(=O)c2ccc3c(c2)CCCC3)cc1-c1cccs1. The molecule has 0 aliphatic heterocycles. The normalized spacial score (nSPS) is 14.3. The van der Waals surface area contributed by atoms with Gasteiger partial charge >= 0.3 is 0 Å². The number of sulfonamides is 1. The fraction of sp³-hybridized carbons (Fsp3) is 0.316. The largest absolute Gasteiger partial charge is 0.267 e. The molecule has 0 fully saturated rings. The number of hydrogen-bond donors (Lipinski definition) is 1. The number of nitrogens with one attached hydrogen (secondary N) is 1.